The van der Waals surface area contributed by atoms with Gasteiger partial charge >= 0.3 is 0 Å². The molecule has 0 spiro atoms. The van der Waals surface area contributed by atoms with Crippen molar-refractivity contribution in [3.05, 3.63) is 20.1 Å². The van der Waals surface area contributed by atoms with E-state index in [1.807, 2.05) is 0 Å². The van der Waals surface area contributed by atoms with Gasteiger partial charge in [0, 0.05) is 26.2 Å². The topological polar surface area (TPSA) is 130 Å². The first-order valence-electron chi connectivity index (χ1n) is 4.04. The van der Waals surface area contributed by atoms with Crippen LogP contribution in [0.1, 0.15) is 0 Å². The van der Waals surface area contributed by atoms with E-state index in [0.29, 0.717) is 32.7 Å². The lowest BCUT2D eigenvalue weighted by Gasteiger charge is -1.72. The lowest BCUT2D eigenvalue weighted by atomic mass is 10.7. The van der Waals surface area contributed by atoms with E-state index in [2.05, 4.69) is 20.1 Å². The highest BCUT2D eigenvalue weighted by Crippen LogP contribution is 1.24. The van der Waals surface area contributed by atoms with Crippen molar-refractivity contribution in [2.75, 3.05) is 32.7 Å². The first kappa shape index (κ1) is 22.9. The largest absolute Gasteiger partial charge is 0.330 e. The molecule has 0 saturated heterocycles. The highest BCUT2D eigenvalue weighted by atomic mass is 14.6. The third-order valence-corrected chi connectivity index (χ3v) is 0.333. The minimum atomic E-state index is 0.500. The van der Waals surface area contributed by atoms with Crippen LogP contribution in [0.5, 0.6) is 0 Å². The van der Waals surface area contributed by atoms with Crippen LogP contribution in [-0.4, -0.2) is 32.7 Å². The summed E-state index contributed by atoms with van der Waals surface area (Å²) in [5.74, 6) is 0. The predicted octanol–water partition coefficient (Wildman–Crippen LogP) is -1.61. The fraction of sp³-hybridized carbons (Fsp3) is 0.625. The van der Waals surface area contributed by atoms with E-state index in [1.54, 1.807) is 0 Å². The first-order valence-corrected chi connectivity index (χ1v) is 4.04. The molecule has 0 rings (SSSR count). The molecule has 0 heterocycles. The van der Waals surface area contributed by atoms with Crippen molar-refractivity contribution in [1.29, 1.82) is 0 Å². The molecule has 0 fully saturated rings. The molecule has 0 bridgehead atoms. The summed E-state index contributed by atoms with van der Waals surface area (Å²) in [6.45, 7) is 12.2. The van der Waals surface area contributed by atoms with Gasteiger partial charge in [0.25, 0.3) is 0 Å². The van der Waals surface area contributed by atoms with Gasteiger partial charge in [-0.1, -0.05) is 0 Å². The van der Waals surface area contributed by atoms with Crippen molar-refractivity contribution in [2.24, 2.45) is 28.7 Å². The smallest absolute Gasteiger partial charge is 0.00461 e. The molecule has 0 aromatic rings. The van der Waals surface area contributed by atoms with Crippen LogP contribution in [-0.2, 0) is 0 Å². The van der Waals surface area contributed by atoms with E-state index in [1.165, 1.54) is 0 Å². The van der Waals surface area contributed by atoms with Gasteiger partial charge in [-0.25, -0.2) is 0 Å². The molecule has 0 aromatic carbocycles. The second kappa shape index (κ2) is 62.2. The fourth-order valence-electron chi connectivity index (χ4n) is 0. The maximum absolute atomic E-state index is 4.90. The molecule has 0 aromatic heterocycles. The van der Waals surface area contributed by atoms with Gasteiger partial charge in [-0.15, -0.1) is 13.2 Å². The Morgan fingerprint density at radius 2 is 0.692 bits per heavy atom. The van der Waals surface area contributed by atoms with Crippen LogP contribution in [0.4, 0.5) is 0 Å². The molecule has 0 aliphatic rings. The van der Waals surface area contributed by atoms with E-state index < -0.39 is 0 Å². The minimum Gasteiger partial charge on any atom is -0.330 e. The highest BCUT2D eigenvalue weighted by molar-refractivity contribution is 4.26. The Morgan fingerprint density at radius 3 is 0.692 bits per heavy atom. The number of rotatable bonds is 2. The van der Waals surface area contributed by atoms with Crippen LogP contribution < -0.4 is 28.7 Å². The summed E-state index contributed by atoms with van der Waals surface area (Å²) in [5, 5.41) is 0. The molecule has 0 aliphatic heterocycles. The molecular formula is C8H26N5. The van der Waals surface area contributed by atoms with Gasteiger partial charge in [0.15, 0.2) is 0 Å². The third-order valence-electron chi connectivity index (χ3n) is 0.333. The van der Waals surface area contributed by atoms with Gasteiger partial charge in [0.05, 0.1) is 0 Å². The summed E-state index contributed by atoms with van der Waals surface area (Å²) in [6, 6.07) is 0. The van der Waals surface area contributed by atoms with E-state index in [9.17, 15) is 0 Å². The zero-order valence-corrected chi connectivity index (χ0v) is 8.54. The second-order valence-electron chi connectivity index (χ2n) is 1.44. The van der Waals surface area contributed by atoms with E-state index >= 15 is 0 Å². The first-order chi connectivity index (χ1) is 6.24. The van der Waals surface area contributed by atoms with Crippen molar-refractivity contribution in [3.63, 3.8) is 0 Å². The Balaban J connectivity index is -0.0000000431. The van der Waals surface area contributed by atoms with Gasteiger partial charge in [-0.3, -0.25) is 0 Å². The lowest BCUT2D eigenvalue weighted by molar-refractivity contribution is 0.976. The summed E-state index contributed by atoms with van der Waals surface area (Å²) >= 11 is 0. The lowest BCUT2D eigenvalue weighted by Crippen LogP contribution is -2.11. The van der Waals surface area contributed by atoms with Crippen LogP contribution in [0.3, 0.4) is 0 Å². The molecule has 5 nitrogen and oxygen atoms in total. The van der Waals surface area contributed by atoms with Crippen LogP contribution in [0.25, 0.3) is 0 Å². The van der Waals surface area contributed by atoms with Gasteiger partial charge in [0.1, 0.15) is 0 Å². The minimum absolute atomic E-state index is 0.500. The van der Waals surface area contributed by atoms with E-state index in [-0.39, 0.29) is 0 Å². The second-order valence-corrected chi connectivity index (χ2v) is 1.44. The van der Waals surface area contributed by atoms with Crippen LogP contribution in [0, 0.1) is 6.92 Å². The third kappa shape index (κ3) is 443. The van der Waals surface area contributed by atoms with Gasteiger partial charge in [0.2, 0.25) is 0 Å². The fourth-order valence-corrected chi connectivity index (χ4v) is 0. The van der Waals surface area contributed by atoms with E-state index in [0.717, 1.165) is 0 Å². The van der Waals surface area contributed by atoms with Crippen molar-refractivity contribution in [1.82, 2.24) is 0 Å². The van der Waals surface area contributed by atoms with Gasteiger partial charge in [-0.2, -0.15) is 0 Å². The maximum Gasteiger partial charge on any atom is 0.00461 e. The van der Waals surface area contributed by atoms with Crippen molar-refractivity contribution >= 4 is 0 Å². The zero-order chi connectivity index (χ0) is 11.5. The molecule has 13 heavy (non-hydrogen) atoms. The Labute approximate surface area is 82.3 Å². The SMILES string of the molecule is C=C.NCCN.NCCN.[CH2]CN. The Hall–Kier alpha value is -0.460. The van der Waals surface area contributed by atoms with Crippen LogP contribution in [0.2, 0.25) is 0 Å². The normalized spacial score (nSPS) is 6.31. The maximum atomic E-state index is 4.90. The average Bonchev–Trinajstić information content (AvgIpc) is 2.22. The highest BCUT2D eigenvalue weighted by Gasteiger charge is 1.54. The molecule has 0 unspecified atom stereocenters. The number of nitrogens with two attached hydrogens (primary N) is 5. The summed E-state index contributed by atoms with van der Waals surface area (Å²) in [5.41, 5.74) is 24.3. The van der Waals surface area contributed by atoms with Crippen molar-refractivity contribution in [2.45, 2.75) is 0 Å². The summed E-state index contributed by atoms with van der Waals surface area (Å²) in [4.78, 5) is 0. The molecule has 10 N–H and O–H groups in total. The van der Waals surface area contributed by atoms with Crippen molar-refractivity contribution < 1.29 is 0 Å². The van der Waals surface area contributed by atoms with Crippen LogP contribution in [0.15, 0.2) is 13.2 Å². The Morgan fingerprint density at radius 1 is 0.615 bits per heavy atom. The molecule has 83 valence electrons. The Bertz CT molecular complexity index is 35.5. The standard InChI is InChI=1S/2C2H8N2.C2H6N.C2H4/c2*3-1-2-4;1-2-3;1-2/h2*1-4H2;1-3H2;1-2H2. The monoisotopic (exact) mass is 192 g/mol. The number of hydrogen-bond acceptors (Lipinski definition) is 5. The van der Waals surface area contributed by atoms with Crippen molar-refractivity contribution in [3.8, 4) is 0 Å². The Kier molecular flexibility index (Phi) is 110. The quantitative estimate of drug-likeness (QED) is 0.336. The zero-order valence-electron chi connectivity index (χ0n) is 8.54. The predicted molar refractivity (Wildman–Crippen MR) is 61.9 cm³/mol. The summed E-state index contributed by atoms with van der Waals surface area (Å²) < 4.78 is 0. The van der Waals surface area contributed by atoms with E-state index in [4.69, 9.17) is 28.7 Å². The molecular weight excluding hydrogens is 166 g/mol. The number of hydrogen-bond donors (Lipinski definition) is 5. The van der Waals surface area contributed by atoms with Gasteiger partial charge in [-0.05, 0) is 13.5 Å². The van der Waals surface area contributed by atoms with Gasteiger partial charge < -0.3 is 28.7 Å². The summed E-state index contributed by atoms with van der Waals surface area (Å²) in [7, 11) is 0. The molecule has 0 saturated carbocycles. The molecule has 0 aliphatic carbocycles. The average molecular weight is 192 g/mol. The summed E-state index contributed by atoms with van der Waals surface area (Å²) in [6.07, 6.45) is 0. The molecule has 0 atom stereocenters. The molecule has 1 radical (unpaired) electrons. The van der Waals surface area contributed by atoms with Crippen LogP contribution >= 0.6 is 0 Å². The molecule has 0 amide bonds. The molecule has 5 heteroatoms.